The Morgan fingerprint density at radius 1 is 0.328 bits per heavy atom. The van der Waals surface area contributed by atoms with E-state index in [0.717, 1.165) is 83.2 Å². The van der Waals surface area contributed by atoms with Crippen LogP contribution in [0.5, 0.6) is 0 Å². The van der Waals surface area contributed by atoms with Gasteiger partial charge in [-0.25, -0.2) is 0 Å². The Balaban J connectivity index is 0.949. The summed E-state index contributed by atoms with van der Waals surface area (Å²) in [5, 5.41) is 7.06. The highest BCUT2D eigenvalue weighted by molar-refractivity contribution is 7.25. The smallest absolute Gasteiger partial charge is 0.159 e. The molecular formula is C54H33NO2S. The van der Waals surface area contributed by atoms with Crippen LogP contribution in [0.25, 0.3) is 97.4 Å². The lowest BCUT2D eigenvalue weighted by Gasteiger charge is -2.26. The van der Waals surface area contributed by atoms with Gasteiger partial charge >= 0.3 is 0 Å². The van der Waals surface area contributed by atoms with E-state index in [4.69, 9.17) is 8.83 Å². The lowest BCUT2D eigenvalue weighted by Crippen LogP contribution is -2.10. The molecule has 0 fully saturated rings. The molecule has 12 aromatic rings. The van der Waals surface area contributed by atoms with Gasteiger partial charge < -0.3 is 13.7 Å². The Hall–Kier alpha value is -7.40. The zero-order valence-corrected chi connectivity index (χ0v) is 32.0. The van der Waals surface area contributed by atoms with Crippen LogP contribution in [0.1, 0.15) is 0 Å². The first-order valence-corrected chi connectivity index (χ1v) is 20.4. The molecule has 0 bridgehead atoms. The van der Waals surface area contributed by atoms with Gasteiger partial charge in [0.25, 0.3) is 0 Å². The molecule has 0 atom stereocenters. The van der Waals surface area contributed by atoms with Gasteiger partial charge in [-0.3, -0.25) is 0 Å². The molecule has 3 heterocycles. The molecule has 0 radical (unpaired) electrons. The number of hydrogen-bond acceptors (Lipinski definition) is 4. The summed E-state index contributed by atoms with van der Waals surface area (Å²) in [6, 6.07) is 71.4. The van der Waals surface area contributed by atoms with Gasteiger partial charge in [0.1, 0.15) is 16.7 Å². The Morgan fingerprint density at radius 2 is 0.897 bits per heavy atom. The van der Waals surface area contributed by atoms with Crippen molar-refractivity contribution in [1.29, 1.82) is 0 Å². The van der Waals surface area contributed by atoms with Crippen LogP contribution in [0, 0.1) is 0 Å². The molecule has 0 amide bonds. The first kappa shape index (κ1) is 32.8. The molecule has 272 valence electrons. The van der Waals surface area contributed by atoms with Crippen molar-refractivity contribution in [3.05, 3.63) is 200 Å². The minimum Gasteiger partial charge on any atom is -0.455 e. The van der Waals surface area contributed by atoms with Gasteiger partial charge in [0.2, 0.25) is 0 Å². The molecule has 9 aromatic carbocycles. The molecule has 0 aliphatic carbocycles. The summed E-state index contributed by atoms with van der Waals surface area (Å²) >= 11 is 1.85. The second-order valence-electron chi connectivity index (χ2n) is 14.9. The van der Waals surface area contributed by atoms with E-state index in [1.807, 2.05) is 29.5 Å². The Kier molecular flexibility index (Phi) is 7.40. The second-order valence-corrected chi connectivity index (χ2v) is 15.9. The summed E-state index contributed by atoms with van der Waals surface area (Å²) in [6.45, 7) is 0. The molecule has 0 aliphatic heterocycles. The third kappa shape index (κ3) is 5.27. The largest absolute Gasteiger partial charge is 0.455 e. The van der Waals surface area contributed by atoms with Crippen LogP contribution in [0.2, 0.25) is 0 Å². The maximum absolute atomic E-state index is 6.62. The van der Waals surface area contributed by atoms with E-state index in [1.165, 1.54) is 31.3 Å². The lowest BCUT2D eigenvalue weighted by atomic mass is 10.00. The van der Waals surface area contributed by atoms with E-state index in [9.17, 15) is 0 Å². The first-order valence-electron chi connectivity index (χ1n) is 19.6. The first-order chi connectivity index (χ1) is 28.7. The third-order valence-corrected chi connectivity index (χ3v) is 12.6. The van der Waals surface area contributed by atoms with Crippen LogP contribution in [-0.2, 0) is 0 Å². The number of fused-ring (bicyclic) bond motifs is 9. The highest BCUT2D eigenvalue weighted by Crippen LogP contribution is 2.44. The molecule has 0 saturated carbocycles. The number of para-hydroxylation sites is 3. The lowest BCUT2D eigenvalue weighted by molar-refractivity contribution is 0.669. The molecule has 0 aliphatic rings. The van der Waals surface area contributed by atoms with E-state index in [1.54, 1.807) is 0 Å². The van der Waals surface area contributed by atoms with Gasteiger partial charge in [-0.15, -0.1) is 11.3 Å². The second kappa shape index (κ2) is 13.1. The van der Waals surface area contributed by atoms with Crippen LogP contribution < -0.4 is 4.90 Å². The van der Waals surface area contributed by atoms with Gasteiger partial charge in [0, 0.05) is 58.7 Å². The van der Waals surface area contributed by atoms with Crippen molar-refractivity contribution in [3.63, 3.8) is 0 Å². The van der Waals surface area contributed by atoms with E-state index >= 15 is 0 Å². The van der Waals surface area contributed by atoms with Crippen molar-refractivity contribution >= 4 is 92.4 Å². The number of rotatable bonds is 6. The van der Waals surface area contributed by atoms with Crippen LogP contribution in [0.3, 0.4) is 0 Å². The highest BCUT2D eigenvalue weighted by atomic mass is 32.1. The summed E-state index contributed by atoms with van der Waals surface area (Å²) < 4.78 is 15.7. The van der Waals surface area contributed by atoms with Crippen LogP contribution >= 0.6 is 11.3 Å². The molecule has 0 unspecified atom stereocenters. The number of furan rings is 2. The summed E-state index contributed by atoms with van der Waals surface area (Å²) in [4.78, 5) is 2.31. The average molecular weight is 760 g/mol. The zero-order chi connectivity index (χ0) is 38.2. The van der Waals surface area contributed by atoms with E-state index in [2.05, 4.69) is 187 Å². The maximum atomic E-state index is 6.62. The summed E-state index contributed by atoms with van der Waals surface area (Å²) in [6.07, 6.45) is 0. The highest BCUT2D eigenvalue weighted by Gasteiger charge is 2.20. The van der Waals surface area contributed by atoms with Gasteiger partial charge in [0.05, 0.1) is 5.69 Å². The molecule has 58 heavy (non-hydrogen) atoms. The zero-order valence-electron chi connectivity index (χ0n) is 31.2. The van der Waals surface area contributed by atoms with Crippen LogP contribution in [0.15, 0.2) is 209 Å². The maximum Gasteiger partial charge on any atom is 0.159 e. The fourth-order valence-electron chi connectivity index (χ4n) is 8.67. The standard InChI is InChI=1S/C54H33NO2S/c1-2-10-36(11-3-1)41-14-8-15-46-47-32-37(25-31-50(47)56-53(41)46)34-20-26-39(27-21-34)55(48-17-9-16-45-42-12-4-6-18-49(42)57-54(45)48)40-28-22-35(23-29-40)38-24-30-44-43-13-5-7-19-51(43)58-52(44)33-38/h1-33H. The predicted octanol–water partition coefficient (Wildman–Crippen LogP) is 16.3. The van der Waals surface area contributed by atoms with Crippen molar-refractivity contribution in [2.24, 2.45) is 0 Å². The quantitative estimate of drug-likeness (QED) is 0.169. The van der Waals surface area contributed by atoms with Crippen molar-refractivity contribution in [2.45, 2.75) is 0 Å². The van der Waals surface area contributed by atoms with Gasteiger partial charge in [-0.05, 0) is 88.5 Å². The number of benzene rings is 9. The van der Waals surface area contributed by atoms with Gasteiger partial charge in [0.15, 0.2) is 5.58 Å². The molecule has 0 saturated heterocycles. The van der Waals surface area contributed by atoms with Gasteiger partial charge in [-0.1, -0.05) is 140 Å². The predicted molar refractivity (Wildman–Crippen MR) is 245 cm³/mol. The Morgan fingerprint density at radius 3 is 1.69 bits per heavy atom. The number of anilines is 3. The molecule has 4 heteroatoms. The fraction of sp³-hybridized carbons (Fsp3) is 0. The van der Waals surface area contributed by atoms with E-state index in [-0.39, 0.29) is 0 Å². The van der Waals surface area contributed by atoms with E-state index < -0.39 is 0 Å². The summed E-state index contributed by atoms with van der Waals surface area (Å²) in [7, 11) is 0. The Bertz CT molecular complexity index is 3500. The minimum atomic E-state index is 0.860. The van der Waals surface area contributed by atoms with Crippen LogP contribution in [0.4, 0.5) is 17.1 Å². The summed E-state index contributed by atoms with van der Waals surface area (Å²) in [5.41, 5.74) is 13.5. The summed E-state index contributed by atoms with van der Waals surface area (Å²) in [5.74, 6) is 0. The molecule has 0 N–H and O–H groups in total. The normalized spacial score (nSPS) is 11.8. The third-order valence-electron chi connectivity index (χ3n) is 11.5. The fourth-order valence-corrected chi connectivity index (χ4v) is 9.82. The van der Waals surface area contributed by atoms with Gasteiger partial charge in [-0.2, -0.15) is 0 Å². The van der Waals surface area contributed by atoms with Crippen molar-refractivity contribution in [2.75, 3.05) is 4.90 Å². The molecule has 3 nitrogen and oxygen atoms in total. The molecule has 3 aromatic heterocycles. The van der Waals surface area contributed by atoms with Crippen molar-refractivity contribution < 1.29 is 8.83 Å². The monoisotopic (exact) mass is 759 g/mol. The van der Waals surface area contributed by atoms with Crippen molar-refractivity contribution in [1.82, 2.24) is 0 Å². The number of nitrogens with zero attached hydrogens (tertiary/aromatic N) is 1. The number of hydrogen-bond donors (Lipinski definition) is 0. The number of thiophene rings is 1. The SMILES string of the molecule is c1ccc(-c2cccc3c2oc2ccc(-c4ccc(N(c5ccc(-c6ccc7c(c6)sc6ccccc67)cc5)c5cccc6c5oc5ccccc56)cc4)cc23)cc1. The van der Waals surface area contributed by atoms with Crippen molar-refractivity contribution in [3.8, 4) is 33.4 Å². The minimum absolute atomic E-state index is 0.860. The average Bonchev–Trinajstić information content (AvgIpc) is 3.98. The Labute approximate surface area is 338 Å². The molecule has 12 rings (SSSR count). The topological polar surface area (TPSA) is 29.5 Å². The molecular weight excluding hydrogens is 727 g/mol. The van der Waals surface area contributed by atoms with E-state index in [0.29, 0.717) is 0 Å². The van der Waals surface area contributed by atoms with Crippen LogP contribution in [-0.4, -0.2) is 0 Å². The molecule has 0 spiro atoms.